The van der Waals surface area contributed by atoms with Crippen LogP contribution in [0.25, 0.3) is 0 Å². The van der Waals surface area contributed by atoms with E-state index < -0.39 is 17.9 Å². The monoisotopic (exact) mass is 276 g/mol. The minimum absolute atomic E-state index is 0.0441. The molecule has 0 spiro atoms. The molecule has 2 atom stereocenters. The van der Waals surface area contributed by atoms with Crippen molar-refractivity contribution in [3.8, 4) is 11.8 Å². The van der Waals surface area contributed by atoms with Crippen LogP contribution in [0.3, 0.4) is 0 Å². The van der Waals surface area contributed by atoms with Crippen molar-refractivity contribution in [3.63, 3.8) is 0 Å². The molecule has 1 rings (SSSR count). The van der Waals surface area contributed by atoms with E-state index in [1.807, 2.05) is 6.07 Å². The van der Waals surface area contributed by atoms with Crippen LogP contribution >= 0.6 is 0 Å². The molecule has 6 heteroatoms. The predicted octanol–water partition coefficient (Wildman–Crippen LogP) is 1.21. The van der Waals surface area contributed by atoms with Crippen molar-refractivity contribution in [2.75, 3.05) is 7.11 Å². The third-order valence-corrected chi connectivity index (χ3v) is 2.83. The molecule has 0 aliphatic rings. The number of phenols is 1. The molecular formula is C14H16N2O4. The fraction of sp³-hybridized carbons (Fsp3) is 0.357. The van der Waals surface area contributed by atoms with Gasteiger partial charge < -0.3 is 15.2 Å². The molecule has 0 aliphatic carbocycles. The first-order valence-electron chi connectivity index (χ1n) is 6.04. The molecule has 0 heterocycles. The molecule has 0 bridgehead atoms. The second-order valence-electron chi connectivity index (χ2n) is 4.36. The quantitative estimate of drug-likeness (QED) is 0.787. The molecule has 1 amide bonds. The number of aromatic hydroxyl groups is 1. The van der Waals surface area contributed by atoms with Gasteiger partial charge in [-0.25, -0.2) is 4.79 Å². The number of phenolic OH excluding ortho intramolecular Hbond substituents is 1. The van der Waals surface area contributed by atoms with Crippen molar-refractivity contribution >= 4 is 11.9 Å². The van der Waals surface area contributed by atoms with Crippen LogP contribution in [0.5, 0.6) is 5.75 Å². The van der Waals surface area contributed by atoms with E-state index in [1.165, 1.54) is 31.4 Å². The van der Waals surface area contributed by atoms with Gasteiger partial charge in [0.1, 0.15) is 11.8 Å². The van der Waals surface area contributed by atoms with Gasteiger partial charge in [-0.15, -0.1) is 0 Å². The predicted molar refractivity (Wildman–Crippen MR) is 70.8 cm³/mol. The average Bonchev–Trinajstić information content (AvgIpc) is 2.43. The van der Waals surface area contributed by atoms with Crippen LogP contribution < -0.4 is 5.32 Å². The van der Waals surface area contributed by atoms with Crippen LogP contribution in [0.4, 0.5) is 0 Å². The van der Waals surface area contributed by atoms with E-state index in [4.69, 9.17) is 5.26 Å². The zero-order chi connectivity index (χ0) is 15.1. The number of rotatable bonds is 5. The highest BCUT2D eigenvalue weighted by molar-refractivity contribution is 5.97. The van der Waals surface area contributed by atoms with Gasteiger partial charge in [0.2, 0.25) is 0 Å². The Morgan fingerprint density at radius 3 is 2.75 bits per heavy atom. The van der Waals surface area contributed by atoms with Gasteiger partial charge in [0.25, 0.3) is 5.91 Å². The van der Waals surface area contributed by atoms with Crippen molar-refractivity contribution < 1.29 is 19.4 Å². The standard InChI is InChI=1S/C14H16N2O4/c1-9(6-7-15)12(14(19)20-2)16-13(18)10-4-3-5-11(17)8-10/h3-5,8-9,12,17H,6H2,1-2H3,(H,16,18)/t9-,12+/m1/s1. The maximum Gasteiger partial charge on any atom is 0.328 e. The summed E-state index contributed by atoms with van der Waals surface area (Å²) in [6.07, 6.45) is 0.111. The average molecular weight is 276 g/mol. The minimum atomic E-state index is -0.908. The molecule has 0 saturated carbocycles. The Balaban J connectivity index is 2.87. The summed E-state index contributed by atoms with van der Waals surface area (Å²) in [5.41, 5.74) is 0.225. The molecular weight excluding hydrogens is 260 g/mol. The van der Waals surface area contributed by atoms with Crippen LogP contribution in [-0.2, 0) is 9.53 Å². The highest BCUT2D eigenvalue weighted by Gasteiger charge is 2.28. The Morgan fingerprint density at radius 2 is 2.20 bits per heavy atom. The van der Waals surface area contributed by atoms with Crippen LogP contribution in [0.2, 0.25) is 0 Å². The van der Waals surface area contributed by atoms with E-state index in [0.717, 1.165) is 0 Å². The highest BCUT2D eigenvalue weighted by atomic mass is 16.5. The Kier molecular flexibility index (Phi) is 5.54. The third-order valence-electron chi connectivity index (χ3n) is 2.83. The van der Waals surface area contributed by atoms with E-state index in [9.17, 15) is 14.7 Å². The molecule has 6 nitrogen and oxygen atoms in total. The van der Waals surface area contributed by atoms with Gasteiger partial charge in [-0.3, -0.25) is 4.79 Å². The normalized spacial score (nSPS) is 12.8. The minimum Gasteiger partial charge on any atom is -0.508 e. The molecule has 2 N–H and O–H groups in total. The van der Waals surface area contributed by atoms with Crippen molar-refractivity contribution in [1.29, 1.82) is 5.26 Å². The van der Waals surface area contributed by atoms with Crippen molar-refractivity contribution in [2.45, 2.75) is 19.4 Å². The van der Waals surface area contributed by atoms with Gasteiger partial charge in [-0.2, -0.15) is 5.26 Å². The van der Waals surface area contributed by atoms with E-state index in [1.54, 1.807) is 6.92 Å². The molecule has 0 aromatic heterocycles. The Hall–Kier alpha value is -2.55. The number of benzene rings is 1. The molecule has 20 heavy (non-hydrogen) atoms. The summed E-state index contributed by atoms with van der Waals surface area (Å²) in [6, 6.07) is 6.81. The van der Waals surface area contributed by atoms with Gasteiger partial charge in [0.05, 0.1) is 13.2 Å². The fourth-order valence-corrected chi connectivity index (χ4v) is 1.69. The third kappa shape index (κ3) is 3.99. The molecule has 0 aliphatic heterocycles. The Bertz CT molecular complexity index is 536. The topological polar surface area (TPSA) is 99.4 Å². The first-order chi connectivity index (χ1) is 9.49. The summed E-state index contributed by atoms with van der Waals surface area (Å²) in [6.45, 7) is 1.67. The van der Waals surface area contributed by atoms with E-state index in [2.05, 4.69) is 10.1 Å². The number of esters is 1. The van der Waals surface area contributed by atoms with Crippen molar-refractivity contribution in [3.05, 3.63) is 29.8 Å². The smallest absolute Gasteiger partial charge is 0.328 e. The van der Waals surface area contributed by atoms with Crippen LogP contribution in [0.1, 0.15) is 23.7 Å². The number of carbonyl (C=O) groups is 2. The van der Waals surface area contributed by atoms with Gasteiger partial charge >= 0.3 is 5.97 Å². The summed E-state index contributed by atoms with van der Waals surface area (Å²) in [4.78, 5) is 23.7. The zero-order valence-corrected chi connectivity index (χ0v) is 11.3. The molecule has 106 valence electrons. The lowest BCUT2D eigenvalue weighted by Gasteiger charge is -2.21. The van der Waals surface area contributed by atoms with Crippen LogP contribution in [-0.4, -0.2) is 30.1 Å². The fourth-order valence-electron chi connectivity index (χ4n) is 1.69. The van der Waals surface area contributed by atoms with Gasteiger partial charge in [-0.1, -0.05) is 13.0 Å². The van der Waals surface area contributed by atoms with Gasteiger partial charge in [-0.05, 0) is 18.2 Å². The molecule has 0 unspecified atom stereocenters. The maximum atomic E-state index is 12.0. The summed E-state index contributed by atoms with van der Waals surface area (Å²) >= 11 is 0. The lowest BCUT2D eigenvalue weighted by atomic mass is 9.98. The number of amides is 1. The second kappa shape index (κ2) is 7.14. The lowest BCUT2D eigenvalue weighted by molar-refractivity contribution is -0.144. The van der Waals surface area contributed by atoms with Gasteiger partial charge in [0, 0.05) is 17.9 Å². The van der Waals surface area contributed by atoms with Crippen molar-refractivity contribution in [1.82, 2.24) is 5.32 Å². The number of nitriles is 1. The summed E-state index contributed by atoms with van der Waals surface area (Å²) in [7, 11) is 1.22. The molecule has 0 radical (unpaired) electrons. The zero-order valence-electron chi connectivity index (χ0n) is 11.3. The van der Waals surface area contributed by atoms with E-state index in [0.29, 0.717) is 0 Å². The lowest BCUT2D eigenvalue weighted by Crippen LogP contribution is -2.45. The highest BCUT2D eigenvalue weighted by Crippen LogP contribution is 2.13. The number of hydrogen-bond acceptors (Lipinski definition) is 5. The van der Waals surface area contributed by atoms with Gasteiger partial charge in [0.15, 0.2) is 0 Å². The largest absolute Gasteiger partial charge is 0.508 e. The summed E-state index contributed by atoms with van der Waals surface area (Å²) in [5, 5.41) is 20.5. The summed E-state index contributed by atoms with van der Waals surface area (Å²) < 4.78 is 4.63. The maximum absolute atomic E-state index is 12.0. The number of carbonyl (C=O) groups excluding carboxylic acids is 2. The van der Waals surface area contributed by atoms with Crippen molar-refractivity contribution in [2.24, 2.45) is 5.92 Å². The molecule has 1 aromatic rings. The van der Waals surface area contributed by atoms with Crippen LogP contribution in [0, 0.1) is 17.2 Å². The van der Waals surface area contributed by atoms with Crippen LogP contribution in [0.15, 0.2) is 24.3 Å². The van der Waals surface area contributed by atoms with E-state index >= 15 is 0 Å². The molecule has 0 fully saturated rings. The number of nitrogens with one attached hydrogen (secondary N) is 1. The molecule has 0 saturated heterocycles. The summed E-state index contributed by atoms with van der Waals surface area (Å²) in [5.74, 6) is -1.55. The number of nitrogens with zero attached hydrogens (tertiary/aromatic N) is 1. The number of methoxy groups -OCH3 is 1. The van der Waals surface area contributed by atoms with E-state index in [-0.39, 0.29) is 23.7 Å². The molecule has 1 aromatic carbocycles. The number of ether oxygens (including phenoxy) is 1. The first kappa shape index (κ1) is 15.5. The SMILES string of the molecule is COC(=O)[C@@H](NC(=O)c1cccc(O)c1)[C@H](C)CC#N. The Labute approximate surface area is 117 Å². The Morgan fingerprint density at radius 1 is 1.50 bits per heavy atom. The first-order valence-corrected chi connectivity index (χ1v) is 6.04. The number of hydrogen-bond donors (Lipinski definition) is 2. The second-order valence-corrected chi connectivity index (χ2v) is 4.36.